The van der Waals surface area contributed by atoms with Gasteiger partial charge in [-0.05, 0) is 56.0 Å². The molecule has 152 valence electrons. The molecule has 7 nitrogen and oxygen atoms in total. The molecule has 1 saturated heterocycles. The highest BCUT2D eigenvalue weighted by Crippen LogP contribution is 2.27. The quantitative estimate of drug-likeness (QED) is 0.760. The van der Waals surface area contributed by atoms with Crippen LogP contribution in [0, 0.1) is 0 Å². The molecule has 2 N–H and O–H groups in total. The molecule has 1 saturated carbocycles. The topological polar surface area (TPSA) is 95.6 Å². The molecule has 2 aromatic rings. The Morgan fingerprint density at radius 2 is 1.72 bits per heavy atom. The third-order valence-corrected chi connectivity index (χ3v) is 7.08. The van der Waals surface area contributed by atoms with Gasteiger partial charge in [-0.1, -0.05) is 24.3 Å². The van der Waals surface area contributed by atoms with Crippen LogP contribution in [0.5, 0.6) is 0 Å². The van der Waals surface area contributed by atoms with Crippen molar-refractivity contribution in [1.29, 1.82) is 0 Å². The number of rotatable bonds is 6. The van der Waals surface area contributed by atoms with Gasteiger partial charge in [0.2, 0.25) is 15.9 Å². The van der Waals surface area contributed by atoms with Crippen LogP contribution in [0.15, 0.2) is 59.5 Å². The highest BCUT2D eigenvalue weighted by atomic mass is 32.2. The molecule has 1 heterocycles. The predicted octanol–water partition coefficient (Wildman–Crippen LogP) is 2.37. The standard InChI is InChI=1S/C21H23N3O4S/c25-20(22-16-11-12-16)15-6-4-7-17(14-15)23-21(26)19-10-5-13-24(19)29(27,28)18-8-2-1-3-9-18/h1-4,6-9,14,16,19H,5,10-13H2,(H,22,25)(H,23,26)/t19-/m0/s1. The second-order valence-electron chi connectivity index (χ2n) is 7.40. The Kier molecular flexibility index (Phi) is 5.38. The molecule has 1 atom stereocenters. The van der Waals surface area contributed by atoms with Gasteiger partial charge >= 0.3 is 0 Å². The van der Waals surface area contributed by atoms with E-state index < -0.39 is 16.1 Å². The molecule has 1 aliphatic heterocycles. The molecule has 1 aliphatic carbocycles. The molecular formula is C21H23N3O4S. The summed E-state index contributed by atoms with van der Waals surface area (Å²) in [6.45, 7) is 0.305. The number of hydrogen-bond donors (Lipinski definition) is 2. The van der Waals surface area contributed by atoms with Crippen LogP contribution >= 0.6 is 0 Å². The highest BCUT2D eigenvalue weighted by molar-refractivity contribution is 7.89. The summed E-state index contributed by atoms with van der Waals surface area (Å²) in [4.78, 5) is 25.3. The first kappa shape index (κ1) is 19.6. The second kappa shape index (κ2) is 7.96. The molecule has 0 spiro atoms. The van der Waals surface area contributed by atoms with Crippen LogP contribution in [0.2, 0.25) is 0 Å². The van der Waals surface area contributed by atoms with Crippen LogP contribution in [0.25, 0.3) is 0 Å². The first-order chi connectivity index (χ1) is 13.9. The number of benzene rings is 2. The van der Waals surface area contributed by atoms with Gasteiger partial charge in [0, 0.05) is 23.8 Å². The maximum atomic E-state index is 12.9. The van der Waals surface area contributed by atoms with Crippen molar-refractivity contribution in [3.8, 4) is 0 Å². The van der Waals surface area contributed by atoms with Crippen molar-refractivity contribution in [2.75, 3.05) is 11.9 Å². The summed E-state index contributed by atoms with van der Waals surface area (Å²) in [6, 6.07) is 14.3. The van der Waals surface area contributed by atoms with Gasteiger partial charge in [0.15, 0.2) is 0 Å². The Labute approximate surface area is 170 Å². The monoisotopic (exact) mass is 413 g/mol. The zero-order valence-electron chi connectivity index (χ0n) is 15.9. The van der Waals surface area contributed by atoms with Gasteiger partial charge in [0.25, 0.3) is 5.91 Å². The van der Waals surface area contributed by atoms with Gasteiger partial charge in [0.05, 0.1) is 4.90 Å². The van der Waals surface area contributed by atoms with E-state index in [2.05, 4.69) is 10.6 Å². The number of nitrogens with one attached hydrogen (secondary N) is 2. The number of carbonyl (C=O) groups excluding carboxylic acids is 2. The van der Waals surface area contributed by atoms with Gasteiger partial charge in [-0.3, -0.25) is 9.59 Å². The van der Waals surface area contributed by atoms with Crippen LogP contribution in [-0.2, 0) is 14.8 Å². The number of sulfonamides is 1. The number of anilines is 1. The summed E-state index contributed by atoms with van der Waals surface area (Å²) >= 11 is 0. The molecule has 0 radical (unpaired) electrons. The fourth-order valence-electron chi connectivity index (χ4n) is 3.48. The SMILES string of the molecule is O=C(NC1CC1)c1cccc(NC(=O)[C@@H]2CCCN2S(=O)(=O)c2ccccc2)c1. The molecule has 4 rings (SSSR count). The summed E-state index contributed by atoms with van der Waals surface area (Å²) < 4.78 is 27.2. The van der Waals surface area contributed by atoms with E-state index in [0.717, 1.165) is 12.8 Å². The first-order valence-electron chi connectivity index (χ1n) is 9.74. The zero-order chi connectivity index (χ0) is 20.4. The van der Waals surface area contributed by atoms with Crippen LogP contribution < -0.4 is 10.6 Å². The Morgan fingerprint density at radius 3 is 2.45 bits per heavy atom. The maximum absolute atomic E-state index is 12.9. The Balaban J connectivity index is 1.48. The lowest BCUT2D eigenvalue weighted by molar-refractivity contribution is -0.119. The lowest BCUT2D eigenvalue weighted by Crippen LogP contribution is -2.43. The van der Waals surface area contributed by atoms with Crippen molar-refractivity contribution in [2.24, 2.45) is 0 Å². The smallest absolute Gasteiger partial charge is 0.251 e. The van der Waals surface area contributed by atoms with E-state index in [1.807, 2.05) is 0 Å². The molecule has 0 aromatic heterocycles. The summed E-state index contributed by atoms with van der Waals surface area (Å²) in [7, 11) is -3.74. The summed E-state index contributed by atoms with van der Waals surface area (Å²) in [5.74, 6) is -0.556. The Bertz CT molecular complexity index is 1020. The van der Waals surface area contributed by atoms with Crippen LogP contribution in [0.1, 0.15) is 36.0 Å². The van der Waals surface area contributed by atoms with Crippen molar-refractivity contribution in [3.05, 3.63) is 60.2 Å². The number of carbonyl (C=O) groups is 2. The minimum absolute atomic E-state index is 0.169. The molecule has 2 fully saturated rings. The third kappa shape index (κ3) is 4.33. The molecular weight excluding hydrogens is 390 g/mol. The summed E-state index contributed by atoms with van der Waals surface area (Å²) in [5, 5.41) is 5.69. The molecule has 29 heavy (non-hydrogen) atoms. The predicted molar refractivity (Wildman–Crippen MR) is 109 cm³/mol. The van der Waals surface area contributed by atoms with Gasteiger partial charge in [-0.25, -0.2) is 8.42 Å². The normalized spacial score (nSPS) is 19.7. The molecule has 0 bridgehead atoms. The van der Waals surface area contributed by atoms with Gasteiger partial charge < -0.3 is 10.6 Å². The molecule has 0 unspecified atom stereocenters. The Hall–Kier alpha value is -2.71. The van der Waals surface area contributed by atoms with Crippen molar-refractivity contribution in [1.82, 2.24) is 9.62 Å². The van der Waals surface area contributed by atoms with Crippen LogP contribution in [-0.4, -0.2) is 43.2 Å². The minimum atomic E-state index is -3.74. The van der Waals surface area contributed by atoms with E-state index >= 15 is 0 Å². The zero-order valence-corrected chi connectivity index (χ0v) is 16.7. The lowest BCUT2D eigenvalue weighted by atomic mass is 10.1. The summed E-state index contributed by atoms with van der Waals surface area (Å²) in [5.41, 5.74) is 0.942. The average molecular weight is 413 g/mol. The first-order valence-corrected chi connectivity index (χ1v) is 11.2. The fraction of sp³-hybridized carbons (Fsp3) is 0.333. The van der Waals surface area contributed by atoms with E-state index in [1.165, 1.54) is 16.4 Å². The van der Waals surface area contributed by atoms with Crippen molar-refractivity contribution in [2.45, 2.75) is 42.7 Å². The largest absolute Gasteiger partial charge is 0.349 e. The lowest BCUT2D eigenvalue weighted by Gasteiger charge is -2.23. The van der Waals surface area contributed by atoms with E-state index in [1.54, 1.807) is 42.5 Å². The minimum Gasteiger partial charge on any atom is -0.349 e. The highest BCUT2D eigenvalue weighted by Gasteiger charge is 2.39. The van der Waals surface area contributed by atoms with Gasteiger partial charge in [-0.15, -0.1) is 0 Å². The number of hydrogen-bond acceptors (Lipinski definition) is 4. The van der Waals surface area contributed by atoms with E-state index in [0.29, 0.717) is 30.6 Å². The van der Waals surface area contributed by atoms with Crippen molar-refractivity contribution in [3.63, 3.8) is 0 Å². The van der Waals surface area contributed by atoms with Gasteiger partial charge in [0.1, 0.15) is 6.04 Å². The third-order valence-electron chi connectivity index (χ3n) is 5.16. The van der Waals surface area contributed by atoms with E-state index in [-0.39, 0.29) is 22.8 Å². The van der Waals surface area contributed by atoms with Crippen molar-refractivity contribution < 1.29 is 18.0 Å². The fourth-order valence-corrected chi connectivity index (χ4v) is 5.16. The maximum Gasteiger partial charge on any atom is 0.251 e. The number of nitrogens with zero attached hydrogens (tertiary/aromatic N) is 1. The van der Waals surface area contributed by atoms with E-state index in [9.17, 15) is 18.0 Å². The molecule has 8 heteroatoms. The molecule has 2 aliphatic rings. The van der Waals surface area contributed by atoms with Crippen LogP contribution in [0.4, 0.5) is 5.69 Å². The number of amides is 2. The molecule has 2 amide bonds. The van der Waals surface area contributed by atoms with Gasteiger partial charge in [-0.2, -0.15) is 4.31 Å². The van der Waals surface area contributed by atoms with Crippen LogP contribution in [0.3, 0.4) is 0 Å². The Morgan fingerprint density at radius 1 is 0.966 bits per heavy atom. The second-order valence-corrected chi connectivity index (χ2v) is 9.30. The summed E-state index contributed by atoms with van der Waals surface area (Å²) in [6.07, 6.45) is 3.07. The molecule has 2 aromatic carbocycles. The van der Waals surface area contributed by atoms with Crippen molar-refractivity contribution >= 4 is 27.5 Å². The average Bonchev–Trinajstić information content (AvgIpc) is 3.39. The van der Waals surface area contributed by atoms with E-state index in [4.69, 9.17) is 0 Å².